The van der Waals surface area contributed by atoms with Gasteiger partial charge in [-0.15, -0.1) is 0 Å². The molecule has 0 bridgehead atoms. The van der Waals surface area contributed by atoms with E-state index in [1.54, 1.807) is 12.1 Å². The second-order valence-corrected chi connectivity index (χ2v) is 10.6. The fourth-order valence-corrected chi connectivity index (χ4v) is 4.54. The molecule has 40 heavy (non-hydrogen) atoms. The summed E-state index contributed by atoms with van der Waals surface area (Å²) in [4.78, 5) is 26.9. The molecule has 1 unspecified atom stereocenters. The summed E-state index contributed by atoms with van der Waals surface area (Å²) in [6, 6.07) is 24.9. The first-order valence-electron chi connectivity index (χ1n) is 14.5. The SMILES string of the molecule is CCCCCCCN(CCc1ccc(CC(Oc2ccccc2)C(=O)O)cc1)C(=O)Nc1ccc(C(C)C)cc1. The second kappa shape index (κ2) is 16.3. The standard InChI is InChI=1S/C34H44N2O4/c1-4-5-6-7-11-23-36(34(39)35-30-20-18-29(19-21-30)26(2)3)24-22-27-14-16-28(17-15-27)25-32(33(37)38)40-31-12-9-8-10-13-31/h8-10,12-21,26,32H,4-7,11,22-25H2,1-3H3,(H,35,39)(H,37,38). The number of aliphatic carboxylic acids is 1. The number of para-hydroxylation sites is 1. The van der Waals surface area contributed by atoms with E-state index >= 15 is 0 Å². The van der Waals surface area contributed by atoms with Gasteiger partial charge in [-0.2, -0.15) is 0 Å². The first-order valence-corrected chi connectivity index (χ1v) is 14.5. The smallest absolute Gasteiger partial charge is 0.345 e. The van der Waals surface area contributed by atoms with Gasteiger partial charge >= 0.3 is 12.0 Å². The lowest BCUT2D eigenvalue weighted by molar-refractivity contribution is -0.145. The molecule has 6 heteroatoms. The van der Waals surface area contributed by atoms with Crippen molar-refractivity contribution in [3.63, 3.8) is 0 Å². The number of urea groups is 1. The van der Waals surface area contributed by atoms with Crippen LogP contribution >= 0.6 is 0 Å². The predicted octanol–water partition coefficient (Wildman–Crippen LogP) is 7.93. The molecule has 3 aromatic carbocycles. The summed E-state index contributed by atoms with van der Waals surface area (Å²) in [5.41, 5.74) is 4.04. The average molecular weight is 545 g/mol. The summed E-state index contributed by atoms with van der Waals surface area (Å²) < 4.78 is 5.69. The van der Waals surface area contributed by atoms with Gasteiger partial charge < -0.3 is 20.1 Å². The number of nitrogens with zero attached hydrogens (tertiary/aromatic N) is 1. The highest BCUT2D eigenvalue weighted by Crippen LogP contribution is 2.19. The number of benzene rings is 3. The maximum atomic E-state index is 13.2. The fourth-order valence-electron chi connectivity index (χ4n) is 4.54. The van der Waals surface area contributed by atoms with Gasteiger partial charge in [0.05, 0.1) is 0 Å². The molecule has 0 aliphatic heterocycles. The Morgan fingerprint density at radius 1 is 0.825 bits per heavy atom. The van der Waals surface area contributed by atoms with Crippen LogP contribution < -0.4 is 10.1 Å². The van der Waals surface area contributed by atoms with Crippen molar-refractivity contribution in [3.05, 3.63) is 95.6 Å². The summed E-state index contributed by atoms with van der Waals surface area (Å²) in [7, 11) is 0. The Morgan fingerprint density at radius 3 is 2.10 bits per heavy atom. The molecule has 214 valence electrons. The Hall–Kier alpha value is -3.80. The highest BCUT2D eigenvalue weighted by Gasteiger charge is 2.20. The molecule has 2 N–H and O–H groups in total. The van der Waals surface area contributed by atoms with E-state index in [2.05, 4.69) is 38.2 Å². The van der Waals surface area contributed by atoms with E-state index in [0.29, 0.717) is 18.2 Å². The minimum atomic E-state index is -0.993. The Bertz CT molecular complexity index is 1160. The molecule has 0 aliphatic rings. The normalized spacial score (nSPS) is 11.7. The Balaban J connectivity index is 1.58. The fraction of sp³-hybridized carbons (Fsp3) is 0.412. The number of carboxylic acid groups (broad SMARTS) is 1. The van der Waals surface area contributed by atoms with E-state index in [-0.39, 0.29) is 12.5 Å². The van der Waals surface area contributed by atoms with Gasteiger partial charge in [-0.05, 0) is 59.7 Å². The molecule has 0 heterocycles. The lowest BCUT2D eigenvalue weighted by atomic mass is 10.0. The molecular weight excluding hydrogens is 500 g/mol. The molecule has 2 amide bonds. The number of amides is 2. The zero-order valence-electron chi connectivity index (χ0n) is 24.1. The number of ether oxygens (including phenoxy) is 1. The number of anilines is 1. The van der Waals surface area contributed by atoms with Crippen LogP contribution in [0.4, 0.5) is 10.5 Å². The van der Waals surface area contributed by atoms with E-state index in [1.807, 2.05) is 59.5 Å². The molecule has 3 aromatic rings. The van der Waals surface area contributed by atoms with Crippen LogP contribution in [0, 0.1) is 0 Å². The molecule has 0 saturated carbocycles. The topological polar surface area (TPSA) is 78.9 Å². The minimum Gasteiger partial charge on any atom is -0.478 e. The van der Waals surface area contributed by atoms with Crippen molar-refractivity contribution in [2.24, 2.45) is 0 Å². The molecule has 0 radical (unpaired) electrons. The van der Waals surface area contributed by atoms with Crippen LogP contribution in [0.3, 0.4) is 0 Å². The largest absolute Gasteiger partial charge is 0.478 e. The Morgan fingerprint density at radius 2 is 1.48 bits per heavy atom. The van der Waals surface area contributed by atoms with Crippen molar-refractivity contribution in [1.82, 2.24) is 4.90 Å². The van der Waals surface area contributed by atoms with Crippen molar-refractivity contribution >= 4 is 17.7 Å². The van der Waals surface area contributed by atoms with Crippen molar-refractivity contribution in [1.29, 1.82) is 0 Å². The quantitative estimate of drug-likeness (QED) is 0.180. The highest BCUT2D eigenvalue weighted by molar-refractivity contribution is 5.89. The number of unbranched alkanes of at least 4 members (excludes halogenated alkanes) is 4. The van der Waals surface area contributed by atoms with Crippen molar-refractivity contribution in [2.45, 2.75) is 77.7 Å². The third kappa shape index (κ3) is 10.4. The maximum absolute atomic E-state index is 13.2. The van der Waals surface area contributed by atoms with E-state index in [9.17, 15) is 14.7 Å². The molecule has 0 aromatic heterocycles. The van der Waals surface area contributed by atoms with Gasteiger partial charge in [0.15, 0.2) is 6.10 Å². The predicted molar refractivity (Wildman–Crippen MR) is 162 cm³/mol. The molecular formula is C34H44N2O4. The van der Waals surface area contributed by atoms with Crippen molar-refractivity contribution in [3.8, 4) is 5.75 Å². The molecule has 0 aliphatic carbocycles. The number of carbonyl (C=O) groups is 2. The van der Waals surface area contributed by atoms with Crippen LogP contribution in [0.5, 0.6) is 5.75 Å². The second-order valence-electron chi connectivity index (χ2n) is 10.6. The first-order chi connectivity index (χ1) is 19.4. The van der Waals surface area contributed by atoms with Gasteiger partial charge in [-0.1, -0.05) is 101 Å². The van der Waals surface area contributed by atoms with Gasteiger partial charge in [0.1, 0.15) is 5.75 Å². The van der Waals surface area contributed by atoms with Gasteiger partial charge in [0.2, 0.25) is 0 Å². The van der Waals surface area contributed by atoms with Gasteiger partial charge in [0.25, 0.3) is 0 Å². The number of rotatable bonds is 16. The van der Waals surface area contributed by atoms with E-state index < -0.39 is 12.1 Å². The zero-order valence-corrected chi connectivity index (χ0v) is 24.1. The number of nitrogens with one attached hydrogen (secondary N) is 1. The molecule has 0 spiro atoms. The summed E-state index contributed by atoms with van der Waals surface area (Å²) in [5, 5.41) is 12.7. The molecule has 0 fully saturated rings. The lowest BCUT2D eigenvalue weighted by Crippen LogP contribution is -2.37. The monoisotopic (exact) mass is 544 g/mol. The summed E-state index contributed by atoms with van der Waals surface area (Å²) >= 11 is 0. The number of carbonyl (C=O) groups excluding carboxylic acids is 1. The van der Waals surface area contributed by atoms with Crippen LogP contribution in [0.1, 0.15) is 75.5 Å². The zero-order chi connectivity index (χ0) is 28.7. The lowest BCUT2D eigenvalue weighted by Gasteiger charge is -2.23. The summed E-state index contributed by atoms with van der Waals surface area (Å²) in [6.45, 7) is 7.84. The number of hydrogen-bond donors (Lipinski definition) is 2. The minimum absolute atomic E-state index is 0.0771. The Labute approximate surface area is 239 Å². The van der Waals surface area contributed by atoms with Crippen LogP contribution in [0.25, 0.3) is 0 Å². The molecule has 1 atom stereocenters. The van der Waals surface area contributed by atoms with Crippen molar-refractivity contribution in [2.75, 3.05) is 18.4 Å². The third-order valence-corrected chi connectivity index (χ3v) is 7.06. The molecule has 3 rings (SSSR count). The number of hydrogen-bond acceptors (Lipinski definition) is 3. The highest BCUT2D eigenvalue weighted by atomic mass is 16.5. The molecule has 0 saturated heterocycles. The van der Waals surface area contributed by atoms with Crippen LogP contribution in [-0.4, -0.2) is 41.2 Å². The van der Waals surface area contributed by atoms with Crippen LogP contribution in [-0.2, 0) is 17.6 Å². The average Bonchev–Trinajstić information content (AvgIpc) is 2.95. The first kappa shape index (κ1) is 30.7. The molecule has 6 nitrogen and oxygen atoms in total. The summed E-state index contributed by atoms with van der Waals surface area (Å²) in [6.07, 6.45) is 5.73. The summed E-state index contributed by atoms with van der Waals surface area (Å²) in [5.74, 6) is -0.00928. The van der Waals surface area contributed by atoms with Crippen LogP contribution in [0.2, 0.25) is 0 Å². The van der Waals surface area contributed by atoms with E-state index in [4.69, 9.17) is 4.74 Å². The van der Waals surface area contributed by atoms with E-state index in [0.717, 1.165) is 42.6 Å². The van der Waals surface area contributed by atoms with Crippen molar-refractivity contribution < 1.29 is 19.4 Å². The van der Waals surface area contributed by atoms with Gasteiger partial charge in [-0.3, -0.25) is 0 Å². The van der Waals surface area contributed by atoms with Crippen LogP contribution in [0.15, 0.2) is 78.9 Å². The van der Waals surface area contributed by atoms with Gasteiger partial charge in [-0.25, -0.2) is 9.59 Å². The van der Waals surface area contributed by atoms with E-state index in [1.165, 1.54) is 24.8 Å². The third-order valence-electron chi connectivity index (χ3n) is 7.06. The van der Waals surface area contributed by atoms with Gasteiger partial charge in [0, 0.05) is 25.2 Å². The number of carboxylic acids is 1. The maximum Gasteiger partial charge on any atom is 0.345 e. The Kier molecular flexibility index (Phi) is 12.6.